The Bertz CT molecular complexity index is 1150. The Kier molecular flexibility index (Phi) is 6.50. The number of amides is 1. The molecular weight excluding hydrogens is 430 g/mol. The lowest BCUT2D eigenvalue weighted by molar-refractivity contribution is 0.102. The molecule has 1 aliphatic rings. The van der Waals surface area contributed by atoms with Gasteiger partial charge in [0.1, 0.15) is 0 Å². The molecule has 1 N–H and O–H groups in total. The van der Waals surface area contributed by atoms with Gasteiger partial charge in [0.05, 0.1) is 10.6 Å². The fourth-order valence-corrected chi connectivity index (χ4v) is 5.80. The topological polar surface area (TPSA) is 79.4 Å². The summed E-state index contributed by atoms with van der Waals surface area (Å²) in [6.45, 7) is 3.14. The number of carbonyl (C=O) groups excluding carboxylic acids is 1. The van der Waals surface area contributed by atoms with E-state index < -0.39 is 10.0 Å². The third-order valence-corrected chi connectivity index (χ3v) is 8.06. The Morgan fingerprint density at radius 2 is 1.61 bits per heavy atom. The van der Waals surface area contributed by atoms with E-state index in [1.807, 2.05) is 36.6 Å². The second-order valence-electron chi connectivity index (χ2n) is 7.70. The molecule has 0 aliphatic carbocycles. The van der Waals surface area contributed by atoms with Crippen LogP contribution in [-0.2, 0) is 10.0 Å². The molecule has 31 heavy (non-hydrogen) atoms. The van der Waals surface area contributed by atoms with E-state index in [1.165, 1.54) is 29.0 Å². The van der Waals surface area contributed by atoms with Gasteiger partial charge in [0.15, 0.2) is 5.13 Å². The Morgan fingerprint density at radius 3 is 2.26 bits per heavy atom. The zero-order valence-corrected chi connectivity index (χ0v) is 19.0. The van der Waals surface area contributed by atoms with Gasteiger partial charge in [-0.2, -0.15) is 4.31 Å². The average molecular weight is 456 g/mol. The first-order valence-electron chi connectivity index (χ1n) is 10.4. The standard InChI is InChI=1S/C23H25N3O3S2/c1-17-6-8-18(9-7-17)21-16-30-23(24-21)25-22(27)19-10-12-20(13-11-19)31(28,29)26-14-4-2-3-5-15-26/h6-13,16H,2-5,14-15H2,1H3,(H,24,25,27). The second kappa shape index (κ2) is 9.30. The quantitative estimate of drug-likeness (QED) is 0.591. The van der Waals surface area contributed by atoms with Crippen LogP contribution < -0.4 is 5.32 Å². The molecule has 0 atom stereocenters. The predicted molar refractivity (Wildman–Crippen MR) is 124 cm³/mol. The van der Waals surface area contributed by atoms with E-state index in [2.05, 4.69) is 10.3 Å². The first-order chi connectivity index (χ1) is 14.9. The normalized spacial score (nSPS) is 15.4. The highest BCUT2D eigenvalue weighted by Gasteiger charge is 2.25. The summed E-state index contributed by atoms with van der Waals surface area (Å²) in [4.78, 5) is 17.3. The monoisotopic (exact) mass is 455 g/mol. The number of aromatic nitrogens is 1. The molecular formula is C23H25N3O3S2. The molecule has 0 unspecified atom stereocenters. The van der Waals surface area contributed by atoms with Crippen molar-refractivity contribution in [1.29, 1.82) is 0 Å². The van der Waals surface area contributed by atoms with E-state index in [0.717, 1.165) is 36.9 Å². The average Bonchev–Trinajstić information content (AvgIpc) is 3.05. The summed E-state index contributed by atoms with van der Waals surface area (Å²) in [5.41, 5.74) is 3.36. The third kappa shape index (κ3) is 5.03. The summed E-state index contributed by atoms with van der Waals surface area (Å²) in [5, 5.41) is 5.20. The first-order valence-corrected chi connectivity index (χ1v) is 12.7. The van der Waals surface area contributed by atoms with Gasteiger partial charge >= 0.3 is 0 Å². The lowest BCUT2D eigenvalue weighted by atomic mass is 10.1. The van der Waals surface area contributed by atoms with E-state index in [-0.39, 0.29) is 10.8 Å². The van der Waals surface area contributed by atoms with Crippen LogP contribution in [0.3, 0.4) is 0 Å². The molecule has 3 aromatic rings. The number of nitrogens with one attached hydrogen (secondary N) is 1. The fraction of sp³-hybridized carbons (Fsp3) is 0.304. The van der Waals surface area contributed by atoms with Crippen LogP contribution in [0.4, 0.5) is 5.13 Å². The number of sulfonamides is 1. The van der Waals surface area contributed by atoms with E-state index in [4.69, 9.17) is 0 Å². The number of hydrogen-bond donors (Lipinski definition) is 1. The highest BCUT2D eigenvalue weighted by molar-refractivity contribution is 7.89. The largest absolute Gasteiger partial charge is 0.298 e. The van der Waals surface area contributed by atoms with Gasteiger partial charge in [-0.3, -0.25) is 10.1 Å². The van der Waals surface area contributed by atoms with Crippen LogP contribution in [0.5, 0.6) is 0 Å². The highest BCUT2D eigenvalue weighted by Crippen LogP contribution is 2.26. The molecule has 1 aromatic heterocycles. The molecule has 0 bridgehead atoms. The zero-order valence-electron chi connectivity index (χ0n) is 17.4. The van der Waals surface area contributed by atoms with Crippen LogP contribution in [0.25, 0.3) is 11.3 Å². The lowest BCUT2D eigenvalue weighted by Gasteiger charge is -2.20. The minimum atomic E-state index is -3.53. The van der Waals surface area contributed by atoms with Crippen molar-refractivity contribution in [2.75, 3.05) is 18.4 Å². The van der Waals surface area contributed by atoms with Crippen LogP contribution in [0.1, 0.15) is 41.6 Å². The Balaban J connectivity index is 1.44. The SMILES string of the molecule is Cc1ccc(-c2csc(NC(=O)c3ccc(S(=O)(=O)N4CCCCCC4)cc3)n2)cc1. The molecule has 0 spiro atoms. The van der Waals surface area contributed by atoms with Gasteiger partial charge in [0.25, 0.3) is 5.91 Å². The third-order valence-electron chi connectivity index (χ3n) is 5.39. The number of hydrogen-bond acceptors (Lipinski definition) is 5. The van der Waals surface area contributed by atoms with Crippen LogP contribution in [-0.4, -0.2) is 36.7 Å². The van der Waals surface area contributed by atoms with Crippen molar-refractivity contribution in [3.8, 4) is 11.3 Å². The molecule has 162 valence electrons. The highest BCUT2D eigenvalue weighted by atomic mass is 32.2. The number of carbonyl (C=O) groups is 1. The van der Waals surface area contributed by atoms with Crippen LogP contribution >= 0.6 is 11.3 Å². The van der Waals surface area contributed by atoms with E-state index in [0.29, 0.717) is 23.8 Å². The summed E-state index contributed by atoms with van der Waals surface area (Å²) in [5.74, 6) is -0.316. The van der Waals surface area contributed by atoms with Crippen molar-refractivity contribution in [3.63, 3.8) is 0 Å². The maximum atomic E-state index is 12.9. The number of aryl methyl sites for hydroxylation is 1. The van der Waals surface area contributed by atoms with Crippen molar-refractivity contribution in [1.82, 2.24) is 9.29 Å². The molecule has 2 heterocycles. The van der Waals surface area contributed by atoms with Gasteiger partial charge in [-0.15, -0.1) is 11.3 Å². The maximum Gasteiger partial charge on any atom is 0.257 e. The number of thiazole rings is 1. The van der Waals surface area contributed by atoms with Crippen molar-refractivity contribution < 1.29 is 13.2 Å². The summed E-state index contributed by atoms with van der Waals surface area (Å²) < 4.78 is 27.3. The maximum absolute atomic E-state index is 12.9. The van der Waals surface area contributed by atoms with Crippen molar-refractivity contribution >= 4 is 32.4 Å². The summed E-state index contributed by atoms with van der Waals surface area (Å²) >= 11 is 1.35. The predicted octanol–water partition coefficient (Wildman–Crippen LogP) is 4.94. The second-order valence-corrected chi connectivity index (χ2v) is 10.5. The molecule has 2 aromatic carbocycles. The molecule has 6 nitrogen and oxygen atoms in total. The smallest absolute Gasteiger partial charge is 0.257 e. The van der Waals surface area contributed by atoms with Crippen LogP contribution in [0.15, 0.2) is 58.8 Å². The number of nitrogens with zero attached hydrogens (tertiary/aromatic N) is 2. The van der Waals surface area contributed by atoms with Gasteiger partial charge < -0.3 is 0 Å². The number of anilines is 1. The van der Waals surface area contributed by atoms with Gasteiger partial charge in [0, 0.05) is 29.6 Å². The summed E-state index contributed by atoms with van der Waals surface area (Å²) in [6.07, 6.45) is 3.90. The van der Waals surface area contributed by atoms with Gasteiger partial charge in [0.2, 0.25) is 10.0 Å². The molecule has 1 saturated heterocycles. The zero-order chi connectivity index (χ0) is 21.8. The molecule has 0 saturated carbocycles. The first kappa shape index (κ1) is 21.7. The fourth-order valence-electron chi connectivity index (χ4n) is 3.57. The van der Waals surface area contributed by atoms with E-state index in [9.17, 15) is 13.2 Å². The van der Waals surface area contributed by atoms with Gasteiger partial charge in [-0.05, 0) is 44.0 Å². The minimum Gasteiger partial charge on any atom is -0.298 e. The van der Waals surface area contributed by atoms with Crippen molar-refractivity contribution in [3.05, 3.63) is 65.0 Å². The summed E-state index contributed by atoms with van der Waals surface area (Å²) in [6, 6.07) is 14.2. The van der Waals surface area contributed by atoms with Crippen LogP contribution in [0, 0.1) is 6.92 Å². The molecule has 1 fully saturated rings. The molecule has 4 rings (SSSR count). The molecule has 8 heteroatoms. The molecule has 0 radical (unpaired) electrons. The van der Waals surface area contributed by atoms with Crippen molar-refractivity contribution in [2.45, 2.75) is 37.5 Å². The lowest BCUT2D eigenvalue weighted by Crippen LogP contribution is -2.31. The number of rotatable bonds is 5. The number of benzene rings is 2. The molecule has 1 amide bonds. The Morgan fingerprint density at radius 1 is 0.968 bits per heavy atom. The Hall–Kier alpha value is -2.55. The minimum absolute atomic E-state index is 0.224. The summed E-state index contributed by atoms with van der Waals surface area (Å²) in [7, 11) is -3.53. The Labute approximate surface area is 187 Å². The van der Waals surface area contributed by atoms with Crippen molar-refractivity contribution in [2.24, 2.45) is 0 Å². The van der Waals surface area contributed by atoms with E-state index >= 15 is 0 Å². The van der Waals surface area contributed by atoms with Crippen LogP contribution in [0.2, 0.25) is 0 Å². The van der Waals surface area contributed by atoms with Gasteiger partial charge in [-0.25, -0.2) is 13.4 Å². The van der Waals surface area contributed by atoms with E-state index in [1.54, 1.807) is 16.4 Å². The van der Waals surface area contributed by atoms with Gasteiger partial charge in [-0.1, -0.05) is 42.7 Å². The molecule has 1 aliphatic heterocycles.